The summed E-state index contributed by atoms with van der Waals surface area (Å²) in [5.41, 5.74) is 6.92. The van der Waals surface area contributed by atoms with Crippen molar-refractivity contribution >= 4 is 11.4 Å². The molecule has 0 aliphatic heterocycles. The average molecular weight is 470 g/mol. The van der Waals surface area contributed by atoms with Gasteiger partial charge in [-0.15, -0.1) is 5.10 Å². The maximum Gasteiger partial charge on any atom is 0.273 e. The van der Waals surface area contributed by atoms with Gasteiger partial charge in [0.15, 0.2) is 5.69 Å². The number of carbonyl (C=O) groups excluding carboxylic acids is 1. The molecule has 1 N–H and O–H groups in total. The van der Waals surface area contributed by atoms with Crippen LogP contribution in [-0.2, 0) is 19.1 Å². The van der Waals surface area contributed by atoms with Crippen LogP contribution in [0, 0.1) is 6.92 Å². The summed E-state index contributed by atoms with van der Waals surface area (Å²) in [4.78, 5) is 17.1. The monoisotopic (exact) mass is 469 g/mol. The Labute approximate surface area is 202 Å². The second-order valence-corrected chi connectivity index (χ2v) is 9.61. The molecular formula is C25H27N9O. The molecule has 0 aliphatic carbocycles. The fourth-order valence-electron chi connectivity index (χ4n) is 3.88. The third-order valence-corrected chi connectivity index (χ3v) is 5.91. The lowest BCUT2D eigenvalue weighted by atomic mass is 10.0. The van der Waals surface area contributed by atoms with E-state index in [2.05, 4.69) is 42.9 Å². The van der Waals surface area contributed by atoms with Crippen molar-refractivity contribution in [3.8, 4) is 22.4 Å². The Morgan fingerprint density at radius 2 is 1.86 bits per heavy atom. The summed E-state index contributed by atoms with van der Waals surface area (Å²) < 4.78 is 5.29. The van der Waals surface area contributed by atoms with E-state index >= 15 is 0 Å². The molecular weight excluding hydrogens is 442 g/mol. The number of benzene rings is 1. The lowest BCUT2D eigenvalue weighted by molar-refractivity contribution is 0.0945. The molecule has 10 heteroatoms. The van der Waals surface area contributed by atoms with E-state index in [-0.39, 0.29) is 11.4 Å². The quantitative estimate of drug-likeness (QED) is 0.423. The highest BCUT2D eigenvalue weighted by molar-refractivity contribution is 5.91. The number of aryl methyl sites for hydroxylation is 2. The Bertz CT molecular complexity index is 1530. The molecule has 0 aliphatic rings. The van der Waals surface area contributed by atoms with Crippen molar-refractivity contribution in [2.75, 3.05) is 0 Å². The minimum absolute atomic E-state index is 0.233. The number of nitrogens with zero attached hydrogens (tertiary/aromatic N) is 8. The molecule has 0 atom stereocenters. The number of amides is 1. The van der Waals surface area contributed by atoms with Gasteiger partial charge in [0.2, 0.25) is 0 Å². The van der Waals surface area contributed by atoms with Gasteiger partial charge in [0, 0.05) is 42.7 Å². The van der Waals surface area contributed by atoms with Crippen molar-refractivity contribution in [3.63, 3.8) is 0 Å². The standard InChI is InChI=1S/C25H27N9O/c1-16-8-17(6-7-18(16)10-26-24(35)21-14-34(31-30-21)25(2,3)4)23-22-9-19(13-33(22)29-15-27-23)20-11-28-32(5)12-20/h6-9,11-15H,10H2,1-5H3,(H,26,35). The first kappa shape index (κ1) is 22.5. The SMILES string of the molecule is Cc1cc(-c2ncnn3cc(-c4cnn(C)c4)cc23)ccc1CNC(=O)c1cn(C(C)(C)C)nn1. The summed E-state index contributed by atoms with van der Waals surface area (Å²) in [6, 6.07) is 8.18. The van der Waals surface area contributed by atoms with Gasteiger partial charge in [0.1, 0.15) is 6.33 Å². The summed E-state index contributed by atoms with van der Waals surface area (Å²) >= 11 is 0. The molecule has 1 amide bonds. The van der Waals surface area contributed by atoms with Crippen molar-refractivity contribution in [1.29, 1.82) is 0 Å². The molecule has 0 spiro atoms. The van der Waals surface area contributed by atoms with Crippen LogP contribution in [0.4, 0.5) is 0 Å². The number of carbonyl (C=O) groups is 1. The molecule has 5 rings (SSSR count). The molecule has 5 aromatic rings. The van der Waals surface area contributed by atoms with Crippen LogP contribution < -0.4 is 5.32 Å². The molecule has 35 heavy (non-hydrogen) atoms. The van der Waals surface area contributed by atoms with Crippen LogP contribution in [0.5, 0.6) is 0 Å². The van der Waals surface area contributed by atoms with Crippen LogP contribution in [0.25, 0.3) is 27.9 Å². The zero-order valence-corrected chi connectivity index (χ0v) is 20.4. The Hall–Kier alpha value is -4.34. The van der Waals surface area contributed by atoms with E-state index in [0.29, 0.717) is 12.2 Å². The number of nitrogens with one attached hydrogen (secondary N) is 1. The van der Waals surface area contributed by atoms with E-state index < -0.39 is 0 Å². The topological polar surface area (TPSA) is 108 Å². The molecule has 1 aromatic carbocycles. The smallest absolute Gasteiger partial charge is 0.273 e. The minimum atomic E-state index is -0.252. The lowest BCUT2D eigenvalue weighted by Gasteiger charge is -2.17. The van der Waals surface area contributed by atoms with Gasteiger partial charge in [0.05, 0.1) is 29.1 Å². The first-order valence-corrected chi connectivity index (χ1v) is 11.3. The largest absolute Gasteiger partial charge is 0.347 e. The van der Waals surface area contributed by atoms with Crippen LogP contribution >= 0.6 is 0 Å². The Kier molecular flexibility index (Phi) is 5.43. The van der Waals surface area contributed by atoms with Gasteiger partial charge >= 0.3 is 0 Å². The number of hydrogen-bond donors (Lipinski definition) is 1. The Balaban J connectivity index is 1.36. The third kappa shape index (κ3) is 4.42. The van der Waals surface area contributed by atoms with Crippen LogP contribution in [0.1, 0.15) is 42.4 Å². The average Bonchev–Trinajstić information content (AvgIpc) is 3.56. The normalized spacial score (nSPS) is 11.8. The number of aromatic nitrogens is 8. The lowest BCUT2D eigenvalue weighted by Crippen LogP contribution is -2.24. The van der Waals surface area contributed by atoms with Crippen molar-refractivity contribution in [1.82, 2.24) is 44.7 Å². The van der Waals surface area contributed by atoms with Crippen molar-refractivity contribution < 1.29 is 4.79 Å². The summed E-state index contributed by atoms with van der Waals surface area (Å²) in [5.74, 6) is -0.252. The summed E-state index contributed by atoms with van der Waals surface area (Å²) in [7, 11) is 1.90. The summed E-state index contributed by atoms with van der Waals surface area (Å²) in [6.45, 7) is 8.44. The number of fused-ring (bicyclic) bond motifs is 1. The molecule has 4 heterocycles. The van der Waals surface area contributed by atoms with E-state index in [1.54, 1.807) is 21.9 Å². The minimum Gasteiger partial charge on any atom is -0.347 e. The van der Waals surface area contributed by atoms with Gasteiger partial charge in [0.25, 0.3) is 5.91 Å². The molecule has 0 saturated carbocycles. The molecule has 0 saturated heterocycles. The van der Waals surface area contributed by atoms with Crippen LogP contribution in [0.15, 0.2) is 55.4 Å². The van der Waals surface area contributed by atoms with Crippen molar-refractivity contribution in [2.45, 2.75) is 39.8 Å². The van der Waals surface area contributed by atoms with Gasteiger partial charge in [-0.1, -0.05) is 17.3 Å². The van der Waals surface area contributed by atoms with E-state index in [1.807, 2.05) is 70.0 Å². The Morgan fingerprint density at radius 3 is 2.54 bits per heavy atom. The van der Waals surface area contributed by atoms with Gasteiger partial charge in [-0.3, -0.25) is 9.48 Å². The zero-order chi connectivity index (χ0) is 24.7. The van der Waals surface area contributed by atoms with Gasteiger partial charge in [-0.05, 0) is 51.0 Å². The Morgan fingerprint density at radius 1 is 1.03 bits per heavy atom. The molecule has 0 fully saturated rings. The van der Waals surface area contributed by atoms with Crippen LogP contribution in [0.2, 0.25) is 0 Å². The van der Waals surface area contributed by atoms with Gasteiger partial charge in [-0.2, -0.15) is 10.2 Å². The summed E-state index contributed by atoms with van der Waals surface area (Å²) in [5, 5.41) is 19.6. The highest BCUT2D eigenvalue weighted by Crippen LogP contribution is 2.28. The first-order chi connectivity index (χ1) is 16.7. The summed E-state index contributed by atoms with van der Waals surface area (Å²) in [6.07, 6.45) is 9.01. The molecule has 0 radical (unpaired) electrons. The second kappa shape index (κ2) is 8.46. The highest BCUT2D eigenvalue weighted by Gasteiger charge is 2.18. The zero-order valence-electron chi connectivity index (χ0n) is 20.4. The molecule has 10 nitrogen and oxygen atoms in total. The second-order valence-electron chi connectivity index (χ2n) is 9.61. The van der Waals surface area contributed by atoms with Gasteiger partial charge < -0.3 is 5.32 Å². The van der Waals surface area contributed by atoms with Crippen molar-refractivity contribution in [2.24, 2.45) is 7.05 Å². The fourth-order valence-corrected chi connectivity index (χ4v) is 3.88. The van der Waals surface area contributed by atoms with E-state index in [0.717, 1.165) is 39.0 Å². The van der Waals surface area contributed by atoms with Gasteiger partial charge in [-0.25, -0.2) is 14.2 Å². The maximum atomic E-state index is 12.6. The van der Waals surface area contributed by atoms with Crippen molar-refractivity contribution in [3.05, 3.63) is 72.2 Å². The predicted octanol–water partition coefficient (Wildman–Crippen LogP) is 3.38. The number of hydrogen-bond acceptors (Lipinski definition) is 6. The van der Waals surface area contributed by atoms with E-state index in [9.17, 15) is 4.79 Å². The highest BCUT2D eigenvalue weighted by atomic mass is 16.2. The maximum absolute atomic E-state index is 12.6. The molecule has 0 bridgehead atoms. The first-order valence-electron chi connectivity index (χ1n) is 11.3. The molecule has 178 valence electrons. The van der Waals surface area contributed by atoms with Crippen LogP contribution in [0.3, 0.4) is 0 Å². The molecule has 4 aromatic heterocycles. The van der Waals surface area contributed by atoms with Crippen LogP contribution in [-0.4, -0.2) is 45.3 Å². The predicted molar refractivity (Wildman–Crippen MR) is 132 cm³/mol. The number of rotatable bonds is 5. The molecule has 0 unspecified atom stereocenters. The van der Waals surface area contributed by atoms with E-state index in [1.165, 1.54) is 0 Å². The fraction of sp³-hybridized carbons (Fsp3) is 0.280. The third-order valence-electron chi connectivity index (χ3n) is 5.91. The van der Waals surface area contributed by atoms with E-state index in [4.69, 9.17) is 0 Å².